The van der Waals surface area contributed by atoms with Crippen LogP contribution in [-0.4, -0.2) is 28.3 Å². The Labute approximate surface area is 101 Å². The van der Waals surface area contributed by atoms with E-state index in [1.165, 1.54) is 0 Å². The van der Waals surface area contributed by atoms with Crippen LogP contribution < -0.4 is 0 Å². The fourth-order valence-electron chi connectivity index (χ4n) is 1.82. The van der Waals surface area contributed by atoms with Crippen LogP contribution in [0.1, 0.15) is 32.6 Å². The largest absolute Gasteiger partial charge is 0.507 e. The molecule has 4 nitrogen and oxygen atoms in total. The van der Waals surface area contributed by atoms with Crippen LogP contribution in [0.15, 0.2) is 29.4 Å². The monoisotopic (exact) mass is 234 g/mol. The van der Waals surface area contributed by atoms with Crippen molar-refractivity contribution in [3.05, 3.63) is 29.8 Å². The van der Waals surface area contributed by atoms with Gasteiger partial charge < -0.3 is 9.94 Å². The number of aromatic hydroxyl groups is 1. The van der Waals surface area contributed by atoms with Crippen molar-refractivity contribution >= 4 is 5.71 Å². The Morgan fingerprint density at radius 1 is 1.35 bits per heavy atom. The lowest BCUT2D eigenvalue weighted by atomic mass is 9.95. The Morgan fingerprint density at radius 2 is 2.00 bits per heavy atom. The molecule has 0 saturated heterocycles. The standard InChI is InChI=1S/C13H18N2O2/c1-9-13(2,3)15(4)12(17-14-9)10-7-5-6-8-11(10)16/h5-8,12,16H,1-4H3. The number of phenols is 1. The van der Waals surface area contributed by atoms with Crippen molar-refractivity contribution in [2.24, 2.45) is 5.16 Å². The first-order chi connectivity index (χ1) is 7.94. The molecule has 2 rings (SSSR count). The van der Waals surface area contributed by atoms with Gasteiger partial charge in [-0.2, -0.15) is 0 Å². The van der Waals surface area contributed by atoms with Crippen molar-refractivity contribution in [2.45, 2.75) is 32.5 Å². The minimum absolute atomic E-state index is 0.189. The Balaban J connectivity index is 2.40. The lowest BCUT2D eigenvalue weighted by molar-refractivity contribution is -0.0942. The molecule has 1 heterocycles. The molecule has 0 saturated carbocycles. The summed E-state index contributed by atoms with van der Waals surface area (Å²) in [5.41, 5.74) is 1.47. The molecule has 0 aromatic heterocycles. The predicted octanol–water partition coefficient (Wildman–Crippen LogP) is 2.51. The van der Waals surface area contributed by atoms with E-state index in [2.05, 4.69) is 23.9 Å². The number of hydrogen-bond donors (Lipinski definition) is 1. The molecular weight excluding hydrogens is 216 g/mol. The third-order valence-electron chi connectivity index (χ3n) is 3.61. The van der Waals surface area contributed by atoms with Gasteiger partial charge in [0.2, 0.25) is 6.23 Å². The molecule has 1 aromatic carbocycles. The summed E-state index contributed by atoms with van der Waals surface area (Å²) in [4.78, 5) is 7.52. The number of rotatable bonds is 1. The minimum Gasteiger partial charge on any atom is -0.507 e. The highest BCUT2D eigenvalue weighted by molar-refractivity contribution is 5.90. The van der Waals surface area contributed by atoms with Crippen LogP contribution in [0, 0.1) is 0 Å². The van der Waals surface area contributed by atoms with E-state index in [9.17, 15) is 5.11 Å². The van der Waals surface area contributed by atoms with Crippen LogP contribution in [0.2, 0.25) is 0 Å². The van der Waals surface area contributed by atoms with Crippen molar-refractivity contribution in [2.75, 3.05) is 7.05 Å². The number of benzene rings is 1. The Bertz CT molecular complexity index is 454. The molecule has 0 aliphatic carbocycles. The van der Waals surface area contributed by atoms with Gasteiger partial charge in [0.15, 0.2) is 0 Å². The SMILES string of the molecule is CC1=NOC(c2ccccc2O)N(C)C1(C)C. The molecule has 17 heavy (non-hydrogen) atoms. The minimum atomic E-state index is -0.352. The third-order valence-corrected chi connectivity index (χ3v) is 3.61. The first kappa shape index (κ1) is 11.9. The van der Waals surface area contributed by atoms with Gasteiger partial charge in [-0.05, 0) is 33.9 Å². The summed E-state index contributed by atoms with van der Waals surface area (Å²) in [6.07, 6.45) is -0.352. The zero-order valence-electron chi connectivity index (χ0n) is 10.6. The van der Waals surface area contributed by atoms with Gasteiger partial charge in [0.1, 0.15) is 5.75 Å². The van der Waals surface area contributed by atoms with Gasteiger partial charge in [0, 0.05) is 0 Å². The van der Waals surface area contributed by atoms with E-state index in [4.69, 9.17) is 4.84 Å². The van der Waals surface area contributed by atoms with Crippen LogP contribution in [-0.2, 0) is 4.84 Å². The van der Waals surface area contributed by atoms with E-state index < -0.39 is 0 Å². The zero-order chi connectivity index (χ0) is 12.6. The normalized spacial score (nSPS) is 24.0. The van der Waals surface area contributed by atoms with Gasteiger partial charge in [-0.15, -0.1) is 0 Å². The van der Waals surface area contributed by atoms with Gasteiger partial charge >= 0.3 is 0 Å². The molecule has 0 bridgehead atoms. The Morgan fingerprint density at radius 3 is 2.65 bits per heavy atom. The smallest absolute Gasteiger partial charge is 0.211 e. The van der Waals surface area contributed by atoms with Crippen molar-refractivity contribution in [3.8, 4) is 5.75 Å². The molecule has 1 aliphatic rings. The van der Waals surface area contributed by atoms with Gasteiger partial charge in [0.05, 0.1) is 16.8 Å². The molecule has 92 valence electrons. The zero-order valence-corrected chi connectivity index (χ0v) is 10.6. The van der Waals surface area contributed by atoms with E-state index in [0.717, 1.165) is 11.3 Å². The van der Waals surface area contributed by atoms with Crippen LogP contribution in [0.4, 0.5) is 0 Å². The molecule has 1 aliphatic heterocycles. The predicted molar refractivity (Wildman–Crippen MR) is 66.9 cm³/mol. The van der Waals surface area contributed by atoms with E-state index in [1.54, 1.807) is 12.1 Å². The quantitative estimate of drug-likeness (QED) is 0.812. The molecule has 0 radical (unpaired) electrons. The van der Waals surface area contributed by atoms with Crippen LogP contribution in [0.3, 0.4) is 0 Å². The number of hydrogen-bond acceptors (Lipinski definition) is 4. The summed E-state index contributed by atoms with van der Waals surface area (Å²) in [5.74, 6) is 0.231. The highest BCUT2D eigenvalue weighted by Crippen LogP contribution is 2.36. The summed E-state index contributed by atoms with van der Waals surface area (Å²) < 4.78 is 0. The molecule has 0 amide bonds. The average Bonchev–Trinajstić information content (AvgIpc) is 2.29. The van der Waals surface area contributed by atoms with Crippen molar-refractivity contribution < 1.29 is 9.94 Å². The highest BCUT2D eigenvalue weighted by atomic mass is 16.7. The van der Waals surface area contributed by atoms with E-state index in [1.807, 2.05) is 26.1 Å². The lowest BCUT2D eigenvalue weighted by Crippen LogP contribution is -2.51. The fourth-order valence-corrected chi connectivity index (χ4v) is 1.82. The molecule has 1 atom stereocenters. The average molecular weight is 234 g/mol. The maximum atomic E-state index is 9.86. The van der Waals surface area contributed by atoms with Crippen molar-refractivity contribution in [1.29, 1.82) is 0 Å². The maximum absolute atomic E-state index is 9.86. The lowest BCUT2D eigenvalue weighted by Gasteiger charge is -2.42. The Hall–Kier alpha value is -1.55. The third kappa shape index (κ3) is 1.89. The molecule has 0 fully saturated rings. The first-order valence-corrected chi connectivity index (χ1v) is 5.66. The van der Waals surface area contributed by atoms with Gasteiger partial charge in [0.25, 0.3) is 0 Å². The second-order valence-corrected chi connectivity index (χ2v) is 4.86. The number of phenolic OH excluding ortho intramolecular Hbond substituents is 1. The van der Waals surface area contributed by atoms with Gasteiger partial charge in [-0.1, -0.05) is 23.4 Å². The fraction of sp³-hybridized carbons (Fsp3) is 0.462. The number of nitrogens with zero attached hydrogens (tertiary/aromatic N) is 2. The highest BCUT2D eigenvalue weighted by Gasteiger charge is 2.39. The molecule has 1 N–H and O–H groups in total. The van der Waals surface area contributed by atoms with Gasteiger partial charge in [-0.3, -0.25) is 4.90 Å². The molecule has 0 spiro atoms. The summed E-state index contributed by atoms with van der Waals surface area (Å²) in [7, 11) is 1.97. The van der Waals surface area contributed by atoms with E-state index >= 15 is 0 Å². The van der Waals surface area contributed by atoms with Gasteiger partial charge in [-0.25, -0.2) is 0 Å². The van der Waals surface area contributed by atoms with E-state index in [0.29, 0.717) is 0 Å². The summed E-state index contributed by atoms with van der Waals surface area (Å²) in [6, 6.07) is 7.18. The molecule has 1 aromatic rings. The number of oxime groups is 1. The summed E-state index contributed by atoms with van der Waals surface area (Å²) in [5, 5.41) is 14.0. The summed E-state index contributed by atoms with van der Waals surface area (Å²) in [6.45, 7) is 6.11. The molecular formula is C13H18N2O2. The molecule has 4 heteroatoms. The topological polar surface area (TPSA) is 45.1 Å². The Kier molecular flexibility index (Phi) is 2.83. The maximum Gasteiger partial charge on any atom is 0.211 e. The van der Waals surface area contributed by atoms with Crippen LogP contribution >= 0.6 is 0 Å². The number of para-hydroxylation sites is 1. The molecule has 1 unspecified atom stereocenters. The van der Waals surface area contributed by atoms with Crippen LogP contribution in [0.25, 0.3) is 0 Å². The summed E-state index contributed by atoms with van der Waals surface area (Å²) >= 11 is 0. The van der Waals surface area contributed by atoms with Crippen molar-refractivity contribution in [3.63, 3.8) is 0 Å². The van der Waals surface area contributed by atoms with E-state index in [-0.39, 0.29) is 17.5 Å². The second kappa shape index (κ2) is 4.04. The first-order valence-electron chi connectivity index (χ1n) is 5.66. The second-order valence-electron chi connectivity index (χ2n) is 4.86. The van der Waals surface area contributed by atoms with Crippen LogP contribution in [0.5, 0.6) is 5.75 Å². The van der Waals surface area contributed by atoms with Crippen molar-refractivity contribution in [1.82, 2.24) is 4.90 Å².